The first-order chi connectivity index (χ1) is 9.47. The van der Waals surface area contributed by atoms with Crippen molar-refractivity contribution in [3.05, 3.63) is 16.5 Å². The minimum absolute atomic E-state index is 0.347. The SMILES string of the molecule is CCN(CC)CCCC(C)Nc1nc(C)c(C)nc1Cl. The Kier molecular flexibility index (Phi) is 7.24. The van der Waals surface area contributed by atoms with Crippen LogP contribution in [0, 0.1) is 13.8 Å². The molecule has 4 nitrogen and oxygen atoms in total. The summed E-state index contributed by atoms with van der Waals surface area (Å²) in [5.74, 6) is 0.699. The maximum absolute atomic E-state index is 6.13. The molecule has 0 bridgehead atoms. The summed E-state index contributed by atoms with van der Waals surface area (Å²) in [6, 6.07) is 0.347. The molecular weight excluding hydrogens is 272 g/mol. The summed E-state index contributed by atoms with van der Waals surface area (Å²) in [7, 11) is 0. The normalized spacial score (nSPS) is 12.8. The summed E-state index contributed by atoms with van der Waals surface area (Å²) in [5.41, 5.74) is 1.81. The lowest BCUT2D eigenvalue weighted by Crippen LogP contribution is -2.26. The fourth-order valence-corrected chi connectivity index (χ4v) is 2.36. The van der Waals surface area contributed by atoms with Crippen LogP contribution in [0.3, 0.4) is 0 Å². The molecule has 5 heteroatoms. The smallest absolute Gasteiger partial charge is 0.171 e. The summed E-state index contributed by atoms with van der Waals surface area (Å²) >= 11 is 6.13. The van der Waals surface area contributed by atoms with Crippen molar-refractivity contribution in [2.75, 3.05) is 25.0 Å². The van der Waals surface area contributed by atoms with Gasteiger partial charge in [-0.3, -0.25) is 0 Å². The molecular formula is C15H27ClN4. The zero-order valence-corrected chi connectivity index (χ0v) is 14.1. The third-order valence-corrected chi connectivity index (χ3v) is 3.92. The molecule has 0 fully saturated rings. The summed E-state index contributed by atoms with van der Waals surface area (Å²) in [6.07, 6.45) is 2.27. The minimum atomic E-state index is 0.347. The molecule has 0 aliphatic carbocycles. The highest BCUT2D eigenvalue weighted by Gasteiger charge is 2.10. The van der Waals surface area contributed by atoms with Gasteiger partial charge < -0.3 is 10.2 Å². The van der Waals surface area contributed by atoms with Gasteiger partial charge >= 0.3 is 0 Å². The third kappa shape index (κ3) is 5.25. The number of aromatic nitrogens is 2. The van der Waals surface area contributed by atoms with Crippen LogP contribution in [-0.2, 0) is 0 Å². The van der Waals surface area contributed by atoms with Gasteiger partial charge in [-0.05, 0) is 53.2 Å². The average Bonchev–Trinajstić information content (AvgIpc) is 2.41. The first-order valence-electron chi connectivity index (χ1n) is 7.47. The van der Waals surface area contributed by atoms with Crippen molar-refractivity contribution < 1.29 is 0 Å². The van der Waals surface area contributed by atoms with Crippen LogP contribution in [0.4, 0.5) is 5.82 Å². The van der Waals surface area contributed by atoms with E-state index in [1.807, 2.05) is 13.8 Å². The highest BCUT2D eigenvalue weighted by molar-refractivity contribution is 6.31. The van der Waals surface area contributed by atoms with E-state index in [9.17, 15) is 0 Å². The number of aryl methyl sites for hydroxylation is 2. The standard InChI is InChI=1S/C15H27ClN4/c1-6-20(7-2)10-8-9-11(3)17-15-14(16)18-12(4)13(5)19-15/h11H,6-10H2,1-5H3,(H,17,19). The first-order valence-corrected chi connectivity index (χ1v) is 7.85. The molecule has 1 N–H and O–H groups in total. The van der Waals surface area contributed by atoms with E-state index in [2.05, 4.69) is 41.0 Å². The Labute approximate surface area is 127 Å². The fraction of sp³-hybridized carbons (Fsp3) is 0.733. The van der Waals surface area contributed by atoms with Gasteiger partial charge in [0, 0.05) is 6.04 Å². The van der Waals surface area contributed by atoms with Gasteiger partial charge in [-0.2, -0.15) is 0 Å². The van der Waals surface area contributed by atoms with E-state index in [-0.39, 0.29) is 0 Å². The summed E-state index contributed by atoms with van der Waals surface area (Å²) in [5, 5.41) is 3.83. The number of nitrogens with one attached hydrogen (secondary N) is 1. The molecule has 1 unspecified atom stereocenters. The Hall–Kier alpha value is -0.870. The minimum Gasteiger partial charge on any atom is -0.365 e. The van der Waals surface area contributed by atoms with E-state index >= 15 is 0 Å². The molecule has 0 saturated heterocycles. The van der Waals surface area contributed by atoms with Gasteiger partial charge in [0.15, 0.2) is 11.0 Å². The molecule has 1 atom stereocenters. The zero-order chi connectivity index (χ0) is 15.1. The number of anilines is 1. The molecule has 1 heterocycles. The lowest BCUT2D eigenvalue weighted by atomic mass is 10.1. The predicted molar refractivity (Wildman–Crippen MR) is 86.6 cm³/mol. The molecule has 1 rings (SSSR count). The summed E-state index contributed by atoms with van der Waals surface area (Å²) in [6.45, 7) is 13.8. The molecule has 1 aromatic rings. The molecule has 114 valence electrons. The van der Waals surface area contributed by atoms with Gasteiger partial charge in [-0.25, -0.2) is 9.97 Å². The topological polar surface area (TPSA) is 41.0 Å². The second-order valence-corrected chi connectivity index (χ2v) is 5.61. The van der Waals surface area contributed by atoms with Crippen LogP contribution in [0.1, 0.15) is 45.0 Å². The summed E-state index contributed by atoms with van der Waals surface area (Å²) < 4.78 is 0. The number of hydrogen-bond donors (Lipinski definition) is 1. The number of nitrogens with zero attached hydrogens (tertiary/aromatic N) is 3. The Bertz CT molecular complexity index is 419. The second-order valence-electron chi connectivity index (χ2n) is 5.25. The van der Waals surface area contributed by atoms with Crippen LogP contribution in [0.2, 0.25) is 5.15 Å². The third-order valence-electron chi connectivity index (χ3n) is 3.65. The number of halogens is 1. The van der Waals surface area contributed by atoms with Gasteiger partial charge in [0.05, 0.1) is 11.4 Å². The van der Waals surface area contributed by atoms with Crippen molar-refractivity contribution in [1.29, 1.82) is 0 Å². The molecule has 0 aliphatic rings. The maximum Gasteiger partial charge on any atom is 0.171 e. The van der Waals surface area contributed by atoms with E-state index in [1.54, 1.807) is 0 Å². The van der Waals surface area contributed by atoms with Crippen LogP contribution in [0.25, 0.3) is 0 Å². The zero-order valence-electron chi connectivity index (χ0n) is 13.3. The van der Waals surface area contributed by atoms with Gasteiger partial charge in [0.1, 0.15) is 0 Å². The highest BCUT2D eigenvalue weighted by atomic mass is 35.5. The van der Waals surface area contributed by atoms with Gasteiger partial charge in [-0.1, -0.05) is 25.4 Å². The quantitative estimate of drug-likeness (QED) is 0.795. The Balaban J connectivity index is 2.46. The van der Waals surface area contributed by atoms with E-state index in [1.165, 1.54) is 6.42 Å². The molecule has 20 heavy (non-hydrogen) atoms. The molecule has 0 saturated carbocycles. The van der Waals surface area contributed by atoms with Crippen molar-refractivity contribution >= 4 is 17.4 Å². The average molecular weight is 299 g/mol. The van der Waals surface area contributed by atoms with Gasteiger partial charge in [0.2, 0.25) is 0 Å². The van der Waals surface area contributed by atoms with Crippen LogP contribution < -0.4 is 5.32 Å². The van der Waals surface area contributed by atoms with Crippen molar-refractivity contribution in [2.24, 2.45) is 0 Å². The number of rotatable bonds is 8. The van der Waals surface area contributed by atoms with E-state index in [0.29, 0.717) is 17.0 Å². The Morgan fingerprint density at radius 1 is 1.15 bits per heavy atom. The highest BCUT2D eigenvalue weighted by Crippen LogP contribution is 2.20. The molecule has 0 amide bonds. The maximum atomic E-state index is 6.13. The molecule has 0 spiro atoms. The predicted octanol–water partition coefficient (Wildman–Crippen LogP) is 3.67. The monoisotopic (exact) mass is 298 g/mol. The van der Waals surface area contributed by atoms with Crippen molar-refractivity contribution in [2.45, 2.75) is 53.5 Å². The van der Waals surface area contributed by atoms with Crippen molar-refractivity contribution in [3.8, 4) is 0 Å². The Morgan fingerprint density at radius 3 is 2.35 bits per heavy atom. The molecule has 0 aliphatic heterocycles. The van der Waals surface area contributed by atoms with E-state index < -0.39 is 0 Å². The van der Waals surface area contributed by atoms with E-state index in [4.69, 9.17) is 11.6 Å². The molecule has 0 radical (unpaired) electrons. The van der Waals surface area contributed by atoms with Crippen LogP contribution in [0.5, 0.6) is 0 Å². The van der Waals surface area contributed by atoms with Crippen LogP contribution in [0.15, 0.2) is 0 Å². The van der Waals surface area contributed by atoms with Crippen LogP contribution in [-0.4, -0.2) is 40.5 Å². The molecule has 0 aromatic carbocycles. The fourth-order valence-electron chi connectivity index (χ4n) is 2.13. The van der Waals surface area contributed by atoms with Crippen molar-refractivity contribution in [3.63, 3.8) is 0 Å². The lowest BCUT2D eigenvalue weighted by molar-refractivity contribution is 0.295. The lowest BCUT2D eigenvalue weighted by Gasteiger charge is -2.20. The van der Waals surface area contributed by atoms with Crippen LogP contribution >= 0.6 is 11.6 Å². The second kappa shape index (κ2) is 8.42. The largest absolute Gasteiger partial charge is 0.365 e. The van der Waals surface area contributed by atoms with Gasteiger partial charge in [0.25, 0.3) is 0 Å². The Morgan fingerprint density at radius 2 is 1.75 bits per heavy atom. The first kappa shape index (κ1) is 17.2. The molecule has 1 aromatic heterocycles. The number of hydrogen-bond acceptors (Lipinski definition) is 4. The van der Waals surface area contributed by atoms with Crippen molar-refractivity contribution in [1.82, 2.24) is 14.9 Å². The summed E-state index contributed by atoms with van der Waals surface area (Å²) in [4.78, 5) is 11.2. The van der Waals surface area contributed by atoms with E-state index in [0.717, 1.165) is 37.4 Å². The van der Waals surface area contributed by atoms with Gasteiger partial charge in [-0.15, -0.1) is 0 Å².